The number of rotatable bonds is 5. The lowest BCUT2D eigenvalue weighted by Crippen LogP contribution is -2.39. The zero-order chi connectivity index (χ0) is 13.7. The van der Waals surface area contributed by atoms with E-state index < -0.39 is 0 Å². The molecule has 0 aliphatic carbocycles. The minimum absolute atomic E-state index is 0.0281. The molecule has 6 nitrogen and oxygen atoms in total. The number of H-pyrrole nitrogens is 1. The highest BCUT2D eigenvalue weighted by Gasteiger charge is 2.16. The number of likely N-dealkylation sites (N-methyl/N-ethyl adjacent to an activating group) is 2. The number of aromatic amines is 1. The predicted octanol–water partition coefficient (Wildman–Crippen LogP) is 0.679. The van der Waals surface area contributed by atoms with E-state index >= 15 is 0 Å². The van der Waals surface area contributed by atoms with E-state index in [1.165, 1.54) is 6.33 Å². The third kappa shape index (κ3) is 3.44. The Balaban J connectivity index is 2.82. The second-order valence-corrected chi connectivity index (χ2v) is 4.87. The molecule has 1 heterocycles. The van der Waals surface area contributed by atoms with Crippen molar-refractivity contribution in [3.05, 3.63) is 20.3 Å². The van der Waals surface area contributed by atoms with Crippen molar-refractivity contribution in [2.45, 2.75) is 13.8 Å². The normalized spacial score (nSPS) is 10.2. The van der Waals surface area contributed by atoms with Crippen molar-refractivity contribution in [3.63, 3.8) is 0 Å². The van der Waals surface area contributed by atoms with Gasteiger partial charge < -0.3 is 14.8 Å². The third-order valence-corrected chi connectivity index (χ3v) is 3.60. The Morgan fingerprint density at radius 1 is 1.44 bits per heavy atom. The number of nitrogens with zero attached hydrogens (tertiary/aromatic N) is 3. The van der Waals surface area contributed by atoms with Crippen LogP contribution in [-0.2, 0) is 4.79 Å². The monoisotopic (exact) mass is 364 g/mol. The van der Waals surface area contributed by atoms with Crippen molar-refractivity contribution < 1.29 is 4.79 Å². The van der Waals surface area contributed by atoms with Gasteiger partial charge in [0, 0.05) is 20.1 Å². The predicted molar refractivity (Wildman–Crippen MR) is 78.8 cm³/mol. The average molecular weight is 364 g/mol. The van der Waals surface area contributed by atoms with Gasteiger partial charge in [0.1, 0.15) is 9.39 Å². The largest absolute Gasteiger partial charge is 0.349 e. The van der Waals surface area contributed by atoms with Gasteiger partial charge >= 0.3 is 0 Å². The molecule has 0 aliphatic heterocycles. The standard InChI is InChI=1S/C11H17IN4O2/c1-4-16(5-2)8(17)6-15(3)10-9(12)11(18)14-7-13-10/h7H,4-6H2,1-3H3,(H,13,14,18). The van der Waals surface area contributed by atoms with Crippen molar-refractivity contribution in [1.82, 2.24) is 14.9 Å². The van der Waals surface area contributed by atoms with E-state index in [2.05, 4.69) is 9.97 Å². The van der Waals surface area contributed by atoms with Crippen LogP contribution in [0.2, 0.25) is 0 Å². The van der Waals surface area contributed by atoms with Crippen LogP contribution in [0.15, 0.2) is 11.1 Å². The molecule has 0 saturated carbocycles. The van der Waals surface area contributed by atoms with Gasteiger partial charge in [0.05, 0.1) is 12.9 Å². The molecular formula is C11H17IN4O2. The average Bonchev–Trinajstić information content (AvgIpc) is 2.34. The highest BCUT2D eigenvalue weighted by Crippen LogP contribution is 2.13. The molecule has 0 atom stereocenters. The first-order valence-electron chi connectivity index (χ1n) is 5.73. The number of carbonyl (C=O) groups excluding carboxylic acids is 1. The Morgan fingerprint density at radius 2 is 2.06 bits per heavy atom. The summed E-state index contributed by atoms with van der Waals surface area (Å²) in [6.07, 6.45) is 1.35. The second-order valence-electron chi connectivity index (χ2n) is 3.79. The molecule has 1 aromatic heterocycles. The lowest BCUT2D eigenvalue weighted by atomic mass is 10.4. The number of amides is 1. The summed E-state index contributed by atoms with van der Waals surface area (Å²) >= 11 is 1.93. The van der Waals surface area contributed by atoms with Crippen LogP contribution in [0.3, 0.4) is 0 Å². The maximum Gasteiger partial charge on any atom is 0.266 e. The van der Waals surface area contributed by atoms with Gasteiger partial charge in [0.25, 0.3) is 5.56 Å². The first-order valence-corrected chi connectivity index (χ1v) is 6.81. The van der Waals surface area contributed by atoms with Crippen LogP contribution in [0.25, 0.3) is 0 Å². The molecule has 100 valence electrons. The maximum absolute atomic E-state index is 12.0. The Labute approximate surface area is 120 Å². The minimum Gasteiger partial charge on any atom is -0.349 e. The summed E-state index contributed by atoms with van der Waals surface area (Å²) in [4.78, 5) is 33.4. The molecule has 1 N–H and O–H groups in total. The van der Waals surface area contributed by atoms with Crippen molar-refractivity contribution in [3.8, 4) is 0 Å². The van der Waals surface area contributed by atoms with E-state index in [9.17, 15) is 9.59 Å². The van der Waals surface area contributed by atoms with Crippen LogP contribution in [0.1, 0.15) is 13.8 Å². The Morgan fingerprint density at radius 3 is 2.61 bits per heavy atom. The highest BCUT2D eigenvalue weighted by atomic mass is 127. The summed E-state index contributed by atoms with van der Waals surface area (Å²) < 4.78 is 0.491. The van der Waals surface area contributed by atoms with E-state index in [1.807, 2.05) is 36.4 Å². The Hall–Kier alpha value is -1.12. The van der Waals surface area contributed by atoms with Gasteiger partial charge in [-0.15, -0.1) is 0 Å². The van der Waals surface area contributed by atoms with Crippen LogP contribution in [0.5, 0.6) is 0 Å². The number of hydrogen-bond acceptors (Lipinski definition) is 4. The lowest BCUT2D eigenvalue weighted by Gasteiger charge is -2.24. The molecular weight excluding hydrogens is 347 g/mol. The lowest BCUT2D eigenvalue weighted by molar-refractivity contribution is -0.129. The summed E-state index contributed by atoms with van der Waals surface area (Å²) in [6.45, 7) is 5.47. The third-order valence-electron chi connectivity index (χ3n) is 2.63. The van der Waals surface area contributed by atoms with Gasteiger partial charge in [-0.1, -0.05) is 0 Å². The summed E-state index contributed by atoms with van der Waals surface area (Å²) in [7, 11) is 1.76. The first-order chi connectivity index (χ1) is 8.51. The molecule has 0 aromatic carbocycles. The van der Waals surface area contributed by atoms with Crippen molar-refractivity contribution in [2.75, 3.05) is 31.6 Å². The van der Waals surface area contributed by atoms with Gasteiger partial charge in [0.15, 0.2) is 0 Å². The van der Waals surface area contributed by atoms with Crippen molar-refractivity contribution >= 4 is 34.3 Å². The van der Waals surface area contributed by atoms with Crippen LogP contribution in [0.4, 0.5) is 5.82 Å². The number of aromatic nitrogens is 2. The summed E-state index contributed by atoms with van der Waals surface area (Å²) in [5.41, 5.74) is -0.192. The molecule has 1 amide bonds. The molecule has 0 unspecified atom stereocenters. The summed E-state index contributed by atoms with van der Waals surface area (Å²) in [5.74, 6) is 0.556. The van der Waals surface area contributed by atoms with Crippen molar-refractivity contribution in [2.24, 2.45) is 0 Å². The number of carbonyl (C=O) groups is 1. The SMILES string of the molecule is CCN(CC)C(=O)CN(C)c1nc[nH]c(=O)c1I. The molecule has 0 radical (unpaired) electrons. The molecule has 18 heavy (non-hydrogen) atoms. The molecule has 1 rings (SSSR count). The number of halogens is 1. The summed E-state index contributed by atoms with van der Waals surface area (Å²) in [6, 6.07) is 0. The van der Waals surface area contributed by atoms with Crippen LogP contribution >= 0.6 is 22.6 Å². The van der Waals surface area contributed by atoms with Gasteiger partial charge in [-0.2, -0.15) is 0 Å². The molecule has 1 aromatic rings. The zero-order valence-corrected chi connectivity index (χ0v) is 12.9. The quantitative estimate of drug-likeness (QED) is 0.781. The maximum atomic E-state index is 12.0. The molecule has 0 spiro atoms. The molecule has 0 bridgehead atoms. The minimum atomic E-state index is -0.192. The second kappa shape index (κ2) is 6.72. The summed E-state index contributed by atoms with van der Waals surface area (Å²) in [5, 5.41) is 0. The molecule has 0 saturated heterocycles. The van der Waals surface area contributed by atoms with E-state index in [1.54, 1.807) is 16.8 Å². The Bertz CT molecular complexity index is 470. The van der Waals surface area contributed by atoms with E-state index in [0.717, 1.165) is 0 Å². The van der Waals surface area contributed by atoms with Crippen LogP contribution in [0, 0.1) is 3.57 Å². The fraction of sp³-hybridized carbons (Fsp3) is 0.545. The number of hydrogen-bond donors (Lipinski definition) is 1. The van der Waals surface area contributed by atoms with Crippen LogP contribution < -0.4 is 10.5 Å². The van der Waals surface area contributed by atoms with Crippen molar-refractivity contribution in [1.29, 1.82) is 0 Å². The highest BCUT2D eigenvalue weighted by molar-refractivity contribution is 14.1. The van der Waals surface area contributed by atoms with E-state index in [4.69, 9.17) is 0 Å². The fourth-order valence-electron chi connectivity index (χ4n) is 1.59. The topological polar surface area (TPSA) is 69.3 Å². The first kappa shape index (κ1) is 14.9. The number of nitrogens with one attached hydrogen (secondary N) is 1. The van der Waals surface area contributed by atoms with Gasteiger partial charge in [-0.05, 0) is 36.4 Å². The zero-order valence-electron chi connectivity index (χ0n) is 10.7. The van der Waals surface area contributed by atoms with E-state index in [0.29, 0.717) is 22.5 Å². The van der Waals surface area contributed by atoms with Gasteiger partial charge in [-0.3, -0.25) is 9.59 Å². The van der Waals surface area contributed by atoms with E-state index in [-0.39, 0.29) is 18.0 Å². The molecule has 0 fully saturated rings. The van der Waals surface area contributed by atoms with Gasteiger partial charge in [0.2, 0.25) is 5.91 Å². The smallest absolute Gasteiger partial charge is 0.266 e. The molecule has 0 aliphatic rings. The fourth-order valence-corrected chi connectivity index (χ4v) is 2.30. The number of anilines is 1. The van der Waals surface area contributed by atoms with Gasteiger partial charge in [-0.25, -0.2) is 4.98 Å². The molecule has 7 heteroatoms. The Kier molecular flexibility index (Phi) is 5.57. The van der Waals surface area contributed by atoms with Crippen LogP contribution in [-0.4, -0.2) is 47.5 Å².